The van der Waals surface area contributed by atoms with E-state index in [9.17, 15) is 34.6 Å². The number of nitro benzene ring substituents is 2. The van der Waals surface area contributed by atoms with Crippen molar-refractivity contribution in [3.05, 3.63) is 38.4 Å². The first kappa shape index (κ1) is 21.8. The summed E-state index contributed by atoms with van der Waals surface area (Å²) in [5.74, 6) is -2.30. The number of amides is 3. The van der Waals surface area contributed by atoms with E-state index in [1.54, 1.807) is 0 Å². The second-order valence-corrected chi connectivity index (χ2v) is 7.55. The van der Waals surface area contributed by atoms with Crippen molar-refractivity contribution in [2.24, 2.45) is 16.9 Å². The third-order valence-corrected chi connectivity index (χ3v) is 5.31. The highest BCUT2D eigenvalue weighted by molar-refractivity contribution is 6.09. The van der Waals surface area contributed by atoms with Gasteiger partial charge in [0.1, 0.15) is 6.54 Å². The average Bonchev–Trinajstić information content (AvgIpc) is 2.96. The normalized spacial score (nSPS) is 21.7. The summed E-state index contributed by atoms with van der Waals surface area (Å²) in [5.41, 5.74) is 2.27. The van der Waals surface area contributed by atoms with Gasteiger partial charge in [0.25, 0.3) is 11.4 Å². The van der Waals surface area contributed by atoms with E-state index < -0.39 is 39.0 Å². The average molecular weight is 432 g/mol. The molecule has 0 aromatic heterocycles. The topological polar surface area (TPSA) is 168 Å². The van der Waals surface area contributed by atoms with E-state index >= 15 is 0 Å². The molecule has 1 heterocycles. The zero-order valence-corrected chi connectivity index (χ0v) is 16.8. The summed E-state index contributed by atoms with van der Waals surface area (Å²) >= 11 is 0. The number of carbonyl (C=O) groups is 3. The molecule has 3 amide bonds. The number of likely N-dealkylation sites (N-methyl/N-ethyl adjacent to an activating group) is 1. The lowest BCUT2D eigenvalue weighted by Crippen LogP contribution is -2.40. The molecule has 1 N–H and O–H groups in total. The maximum Gasteiger partial charge on any atom is 0.278 e. The fourth-order valence-electron chi connectivity index (χ4n) is 3.63. The van der Waals surface area contributed by atoms with E-state index in [1.165, 1.54) is 19.0 Å². The lowest BCUT2D eigenvalue weighted by Gasteiger charge is -2.22. The van der Waals surface area contributed by atoms with E-state index in [1.807, 2.05) is 0 Å². The van der Waals surface area contributed by atoms with Gasteiger partial charge in [-0.15, -0.1) is 0 Å². The molecular formula is C18H20N6O7. The van der Waals surface area contributed by atoms with Crippen molar-refractivity contribution >= 4 is 40.5 Å². The number of imide groups is 1. The van der Waals surface area contributed by atoms with Crippen molar-refractivity contribution in [3.8, 4) is 0 Å². The molecule has 164 valence electrons. The molecule has 2 fully saturated rings. The van der Waals surface area contributed by atoms with Crippen molar-refractivity contribution in [1.82, 2.24) is 9.80 Å². The minimum Gasteiger partial charge on any atom is -0.347 e. The van der Waals surface area contributed by atoms with Crippen molar-refractivity contribution in [3.63, 3.8) is 0 Å². The number of hydrazone groups is 1. The largest absolute Gasteiger partial charge is 0.347 e. The number of rotatable bonds is 6. The molecule has 2 aliphatic rings. The fraction of sp³-hybridized carbons (Fsp3) is 0.444. The second-order valence-electron chi connectivity index (χ2n) is 7.55. The molecule has 0 bridgehead atoms. The molecule has 0 spiro atoms. The zero-order valence-electron chi connectivity index (χ0n) is 16.8. The van der Waals surface area contributed by atoms with Gasteiger partial charge in [0, 0.05) is 31.9 Å². The van der Waals surface area contributed by atoms with Crippen LogP contribution in [0.3, 0.4) is 0 Å². The van der Waals surface area contributed by atoms with E-state index in [2.05, 4.69) is 10.5 Å². The molecular weight excluding hydrogens is 412 g/mol. The number of nitrogens with one attached hydrogen (secondary N) is 1. The van der Waals surface area contributed by atoms with Gasteiger partial charge in [-0.1, -0.05) is 0 Å². The van der Waals surface area contributed by atoms with E-state index in [0.717, 1.165) is 23.1 Å². The number of nitrogens with zero attached hydrogens (tertiary/aromatic N) is 5. The smallest absolute Gasteiger partial charge is 0.278 e. The van der Waals surface area contributed by atoms with Gasteiger partial charge >= 0.3 is 0 Å². The number of likely N-dealkylation sites (tertiary alicyclic amines) is 1. The SMILES string of the molecule is CN(C)C(=O)CN1C(=O)C2CCC(=NNc3cc([N+](=O)[O-])cc([N+](=O)[O-])c3)CC2C1=O. The third kappa shape index (κ3) is 4.49. The predicted octanol–water partition coefficient (Wildman–Crippen LogP) is 1.14. The minimum atomic E-state index is -0.747. The lowest BCUT2D eigenvalue weighted by molar-refractivity contribution is -0.394. The van der Waals surface area contributed by atoms with Crippen LogP contribution in [-0.2, 0) is 14.4 Å². The van der Waals surface area contributed by atoms with Gasteiger partial charge in [-0.3, -0.25) is 44.9 Å². The number of fused-ring (bicyclic) bond motifs is 1. The molecule has 0 radical (unpaired) electrons. The van der Waals surface area contributed by atoms with Crippen LogP contribution >= 0.6 is 0 Å². The van der Waals surface area contributed by atoms with Crippen molar-refractivity contribution in [2.45, 2.75) is 19.3 Å². The highest BCUT2D eigenvalue weighted by atomic mass is 16.6. The second kappa shape index (κ2) is 8.45. The molecule has 31 heavy (non-hydrogen) atoms. The van der Waals surface area contributed by atoms with Crippen molar-refractivity contribution in [2.75, 3.05) is 26.1 Å². The number of anilines is 1. The Morgan fingerprint density at radius 1 is 1.13 bits per heavy atom. The molecule has 2 atom stereocenters. The Hall–Kier alpha value is -3.90. The molecule has 13 nitrogen and oxygen atoms in total. The summed E-state index contributed by atoms with van der Waals surface area (Å²) in [6, 6.07) is 3.07. The first-order valence-corrected chi connectivity index (χ1v) is 9.39. The van der Waals surface area contributed by atoms with Crippen LogP contribution in [0.2, 0.25) is 0 Å². The summed E-state index contributed by atoms with van der Waals surface area (Å²) < 4.78 is 0. The molecule has 1 aromatic carbocycles. The molecule has 1 aromatic rings. The predicted molar refractivity (Wildman–Crippen MR) is 107 cm³/mol. The maximum atomic E-state index is 12.7. The van der Waals surface area contributed by atoms with Crippen LogP contribution in [0.4, 0.5) is 17.1 Å². The van der Waals surface area contributed by atoms with E-state index in [0.29, 0.717) is 18.6 Å². The van der Waals surface area contributed by atoms with Gasteiger partial charge in [0.2, 0.25) is 17.7 Å². The minimum absolute atomic E-state index is 0.0579. The van der Waals surface area contributed by atoms with Crippen LogP contribution in [0.15, 0.2) is 23.3 Å². The van der Waals surface area contributed by atoms with Gasteiger partial charge in [0.05, 0.1) is 33.4 Å². The number of carbonyl (C=O) groups excluding carboxylic acids is 3. The van der Waals surface area contributed by atoms with Crippen LogP contribution < -0.4 is 5.43 Å². The highest BCUT2D eigenvalue weighted by Gasteiger charge is 2.50. The molecule has 2 unspecified atom stereocenters. The quantitative estimate of drug-likeness (QED) is 0.396. The summed E-state index contributed by atoms with van der Waals surface area (Å²) in [6.07, 6.45) is 0.961. The Balaban J connectivity index is 1.74. The van der Waals surface area contributed by atoms with Crippen LogP contribution in [0.25, 0.3) is 0 Å². The van der Waals surface area contributed by atoms with Crippen molar-refractivity contribution < 1.29 is 24.2 Å². The van der Waals surface area contributed by atoms with Gasteiger partial charge in [0.15, 0.2) is 0 Å². The Bertz CT molecular complexity index is 973. The Morgan fingerprint density at radius 2 is 1.71 bits per heavy atom. The molecule has 1 aliphatic heterocycles. The summed E-state index contributed by atoms with van der Waals surface area (Å²) in [6.45, 7) is -0.306. The summed E-state index contributed by atoms with van der Waals surface area (Å²) in [4.78, 5) is 59.9. The number of benzene rings is 1. The molecule has 3 rings (SSSR count). The summed E-state index contributed by atoms with van der Waals surface area (Å²) in [5, 5.41) is 26.1. The van der Waals surface area contributed by atoms with E-state index in [-0.39, 0.29) is 30.5 Å². The summed E-state index contributed by atoms with van der Waals surface area (Å²) in [7, 11) is 3.07. The lowest BCUT2D eigenvalue weighted by atomic mass is 9.80. The molecule has 1 aliphatic carbocycles. The number of non-ortho nitro benzene ring substituents is 2. The van der Waals surface area contributed by atoms with Gasteiger partial charge < -0.3 is 4.90 Å². The van der Waals surface area contributed by atoms with Crippen LogP contribution in [0, 0.1) is 32.1 Å². The van der Waals surface area contributed by atoms with Gasteiger partial charge in [-0.2, -0.15) is 5.10 Å². The Labute approximate surface area is 176 Å². The van der Waals surface area contributed by atoms with Crippen molar-refractivity contribution in [1.29, 1.82) is 0 Å². The maximum absolute atomic E-state index is 12.7. The fourth-order valence-corrected chi connectivity index (χ4v) is 3.63. The zero-order chi connectivity index (χ0) is 22.9. The molecule has 1 saturated heterocycles. The number of hydrogen-bond donors (Lipinski definition) is 1. The van der Waals surface area contributed by atoms with Gasteiger partial charge in [-0.05, 0) is 19.3 Å². The number of nitro groups is 2. The Kier molecular flexibility index (Phi) is 5.95. The number of hydrogen-bond acceptors (Lipinski definition) is 9. The molecule has 13 heteroatoms. The highest BCUT2D eigenvalue weighted by Crippen LogP contribution is 2.37. The first-order chi connectivity index (χ1) is 14.6. The van der Waals surface area contributed by atoms with Crippen LogP contribution in [-0.4, -0.2) is 63.7 Å². The Morgan fingerprint density at radius 3 is 2.26 bits per heavy atom. The first-order valence-electron chi connectivity index (χ1n) is 9.39. The van der Waals surface area contributed by atoms with Crippen LogP contribution in [0.5, 0.6) is 0 Å². The van der Waals surface area contributed by atoms with Crippen LogP contribution in [0.1, 0.15) is 19.3 Å². The standard InChI is InChI=1S/C18H20N6O7/c1-21(2)16(25)9-22-17(26)14-4-3-10(7-15(14)18(22)27)19-20-11-5-12(23(28)29)8-13(6-11)24(30)31/h5-6,8,14-15,20H,3-4,7,9H2,1-2H3. The van der Waals surface area contributed by atoms with Gasteiger partial charge in [-0.25, -0.2) is 0 Å². The van der Waals surface area contributed by atoms with E-state index in [4.69, 9.17) is 0 Å². The third-order valence-electron chi connectivity index (χ3n) is 5.31. The molecule has 1 saturated carbocycles. The monoisotopic (exact) mass is 432 g/mol.